The topological polar surface area (TPSA) is 53.1 Å². The van der Waals surface area contributed by atoms with Crippen molar-refractivity contribution >= 4 is 5.69 Å². The van der Waals surface area contributed by atoms with Crippen LogP contribution >= 0.6 is 0 Å². The van der Waals surface area contributed by atoms with E-state index in [1.165, 1.54) is 0 Å². The van der Waals surface area contributed by atoms with E-state index < -0.39 is 0 Å². The van der Waals surface area contributed by atoms with Crippen molar-refractivity contribution in [2.75, 3.05) is 18.9 Å². The van der Waals surface area contributed by atoms with E-state index in [1.807, 2.05) is 35.1 Å². The van der Waals surface area contributed by atoms with E-state index in [1.54, 1.807) is 0 Å². The van der Waals surface area contributed by atoms with Gasteiger partial charge in [-0.2, -0.15) is 5.10 Å². The van der Waals surface area contributed by atoms with Gasteiger partial charge in [-0.1, -0.05) is 12.1 Å². The molecule has 0 spiro atoms. The first-order valence-electron chi connectivity index (χ1n) is 6.31. The quantitative estimate of drug-likeness (QED) is 0.824. The van der Waals surface area contributed by atoms with E-state index in [0.717, 1.165) is 42.9 Å². The Morgan fingerprint density at radius 2 is 2.06 bits per heavy atom. The SMILES string of the molecule is Nc1ccc(-c2cnn(C3CCCOC3)c2)cc1. The van der Waals surface area contributed by atoms with E-state index in [4.69, 9.17) is 10.5 Å². The average molecular weight is 243 g/mol. The summed E-state index contributed by atoms with van der Waals surface area (Å²) in [4.78, 5) is 0. The maximum atomic E-state index is 5.69. The zero-order valence-electron chi connectivity index (χ0n) is 10.2. The molecule has 1 saturated heterocycles. The van der Waals surface area contributed by atoms with Crippen LogP contribution in [0.15, 0.2) is 36.7 Å². The van der Waals surface area contributed by atoms with E-state index in [2.05, 4.69) is 11.3 Å². The first-order valence-corrected chi connectivity index (χ1v) is 6.31. The molecule has 1 aromatic carbocycles. The number of nitrogens with two attached hydrogens (primary N) is 1. The minimum Gasteiger partial charge on any atom is -0.399 e. The Labute approximate surface area is 106 Å². The van der Waals surface area contributed by atoms with Crippen molar-refractivity contribution in [3.63, 3.8) is 0 Å². The van der Waals surface area contributed by atoms with Crippen LogP contribution in [0.5, 0.6) is 0 Å². The van der Waals surface area contributed by atoms with E-state index in [-0.39, 0.29) is 0 Å². The molecule has 1 atom stereocenters. The summed E-state index contributed by atoms with van der Waals surface area (Å²) in [5, 5.41) is 4.44. The van der Waals surface area contributed by atoms with Gasteiger partial charge in [0.15, 0.2) is 0 Å². The zero-order valence-corrected chi connectivity index (χ0v) is 10.2. The summed E-state index contributed by atoms with van der Waals surface area (Å²) in [6.07, 6.45) is 6.25. The molecule has 3 rings (SSSR count). The Morgan fingerprint density at radius 1 is 1.22 bits per heavy atom. The molecule has 0 saturated carbocycles. The second-order valence-corrected chi connectivity index (χ2v) is 4.70. The number of hydrogen-bond acceptors (Lipinski definition) is 3. The van der Waals surface area contributed by atoms with Crippen LogP contribution < -0.4 is 5.73 Å². The molecule has 0 aliphatic carbocycles. The summed E-state index contributed by atoms with van der Waals surface area (Å²) >= 11 is 0. The molecule has 1 aromatic heterocycles. The van der Waals surface area contributed by atoms with Gasteiger partial charge in [-0.25, -0.2) is 0 Å². The van der Waals surface area contributed by atoms with Gasteiger partial charge in [-0.3, -0.25) is 4.68 Å². The van der Waals surface area contributed by atoms with Crippen LogP contribution in [0.3, 0.4) is 0 Å². The van der Waals surface area contributed by atoms with Crippen molar-refractivity contribution < 1.29 is 4.74 Å². The number of nitrogens with zero attached hydrogens (tertiary/aromatic N) is 2. The highest BCUT2D eigenvalue weighted by Gasteiger charge is 2.16. The Kier molecular flexibility index (Phi) is 3.02. The summed E-state index contributed by atoms with van der Waals surface area (Å²) in [7, 11) is 0. The number of ether oxygens (including phenoxy) is 1. The number of rotatable bonds is 2. The van der Waals surface area contributed by atoms with Crippen LogP contribution in [0, 0.1) is 0 Å². The van der Waals surface area contributed by atoms with Crippen LogP contribution in [-0.2, 0) is 4.74 Å². The molecule has 0 radical (unpaired) electrons. The molecule has 2 N–H and O–H groups in total. The summed E-state index contributed by atoms with van der Waals surface area (Å²) in [6.45, 7) is 1.64. The summed E-state index contributed by atoms with van der Waals surface area (Å²) in [5.74, 6) is 0. The van der Waals surface area contributed by atoms with Crippen LogP contribution in [0.2, 0.25) is 0 Å². The normalized spacial score (nSPS) is 19.9. The molecule has 1 unspecified atom stereocenters. The Balaban J connectivity index is 1.82. The van der Waals surface area contributed by atoms with Gasteiger partial charge >= 0.3 is 0 Å². The van der Waals surface area contributed by atoms with Crippen molar-refractivity contribution in [2.45, 2.75) is 18.9 Å². The van der Waals surface area contributed by atoms with Crippen molar-refractivity contribution in [3.05, 3.63) is 36.7 Å². The molecule has 2 heterocycles. The maximum Gasteiger partial charge on any atom is 0.0753 e. The highest BCUT2D eigenvalue weighted by Crippen LogP contribution is 2.24. The van der Waals surface area contributed by atoms with Gasteiger partial charge in [0, 0.05) is 24.1 Å². The van der Waals surface area contributed by atoms with Gasteiger partial charge in [-0.15, -0.1) is 0 Å². The lowest BCUT2D eigenvalue weighted by atomic mass is 10.1. The minimum atomic E-state index is 0.376. The second-order valence-electron chi connectivity index (χ2n) is 4.70. The van der Waals surface area contributed by atoms with Crippen LogP contribution in [0.1, 0.15) is 18.9 Å². The lowest BCUT2D eigenvalue weighted by molar-refractivity contribution is 0.0549. The van der Waals surface area contributed by atoms with Crippen molar-refractivity contribution in [1.82, 2.24) is 9.78 Å². The predicted molar refractivity (Wildman–Crippen MR) is 71.2 cm³/mol. The third kappa shape index (κ3) is 2.24. The third-order valence-corrected chi connectivity index (χ3v) is 3.36. The van der Waals surface area contributed by atoms with Gasteiger partial charge in [0.25, 0.3) is 0 Å². The first-order chi connectivity index (χ1) is 8.83. The minimum absolute atomic E-state index is 0.376. The predicted octanol–water partition coefficient (Wildman–Crippen LogP) is 2.48. The lowest BCUT2D eigenvalue weighted by Gasteiger charge is -2.22. The van der Waals surface area contributed by atoms with Gasteiger partial charge in [0.2, 0.25) is 0 Å². The largest absolute Gasteiger partial charge is 0.399 e. The van der Waals surface area contributed by atoms with Crippen molar-refractivity contribution in [1.29, 1.82) is 0 Å². The van der Waals surface area contributed by atoms with Crippen molar-refractivity contribution in [3.8, 4) is 11.1 Å². The molecule has 18 heavy (non-hydrogen) atoms. The summed E-state index contributed by atoms with van der Waals surface area (Å²) in [5.41, 5.74) is 8.74. The van der Waals surface area contributed by atoms with Crippen LogP contribution in [0.4, 0.5) is 5.69 Å². The van der Waals surface area contributed by atoms with Crippen molar-refractivity contribution in [2.24, 2.45) is 0 Å². The third-order valence-electron chi connectivity index (χ3n) is 3.36. The smallest absolute Gasteiger partial charge is 0.0753 e. The average Bonchev–Trinajstić information content (AvgIpc) is 2.90. The standard InChI is InChI=1S/C14H17N3O/c15-13-5-3-11(4-6-13)12-8-16-17(9-12)14-2-1-7-18-10-14/h3-6,8-9,14H,1-2,7,10,15H2. The van der Waals surface area contributed by atoms with Crippen LogP contribution in [0.25, 0.3) is 11.1 Å². The molecule has 94 valence electrons. The fourth-order valence-corrected chi connectivity index (χ4v) is 2.29. The zero-order chi connectivity index (χ0) is 12.4. The van der Waals surface area contributed by atoms with E-state index >= 15 is 0 Å². The monoisotopic (exact) mass is 243 g/mol. The molecular weight excluding hydrogens is 226 g/mol. The highest BCUT2D eigenvalue weighted by molar-refractivity contribution is 5.63. The summed E-state index contributed by atoms with van der Waals surface area (Å²) < 4.78 is 7.51. The highest BCUT2D eigenvalue weighted by atomic mass is 16.5. The Bertz CT molecular complexity index is 512. The molecule has 0 bridgehead atoms. The fraction of sp³-hybridized carbons (Fsp3) is 0.357. The molecular formula is C14H17N3O. The molecule has 4 heteroatoms. The number of hydrogen-bond donors (Lipinski definition) is 1. The van der Waals surface area contributed by atoms with E-state index in [9.17, 15) is 0 Å². The molecule has 0 amide bonds. The van der Waals surface area contributed by atoms with Gasteiger partial charge < -0.3 is 10.5 Å². The first kappa shape index (κ1) is 11.3. The molecule has 4 nitrogen and oxygen atoms in total. The maximum absolute atomic E-state index is 5.69. The number of aromatic nitrogens is 2. The number of benzene rings is 1. The van der Waals surface area contributed by atoms with Gasteiger partial charge in [-0.05, 0) is 30.5 Å². The molecule has 1 aliphatic heterocycles. The van der Waals surface area contributed by atoms with Crippen LogP contribution in [-0.4, -0.2) is 23.0 Å². The summed E-state index contributed by atoms with van der Waals surface area (Å²) in [6, 6.07) is 8.25. The lowest BCUT2D eigenvalue weighted by Crippen LogP contribution is -2.21. The molecule has 1 fully saturated rings. The van der Waals surface area contributed by atoms with E-state index in [0.29, 0.717) is 6.04 Å². The Hall–Kier alpha value is -1.81. The molecule has 2 aromatic rings. The number of nitrogen functional groups attached to an aromatic ring is 1. The van der Waals surface area contributed by atoms with Gasteiger partial charge in [0.05, 0.1) is 18.8 Å². The Morgan fingerprint density at radius 3 is 2.78 bits per heavy atom. The fourth-order valence-electron chi connectivity index (χ4n) is 2.29. The second kappa shape index (κ2) is 4.82. The molecule has 1 aliphatic rings. The van der Waals surface area contributed by atoms with Gasteiger partial charge in [0.1, 0.15) is 0 Å². The number of anilines is 1.